The zero-order chi connectivity index (χ0) is 17.3. The molecule has 2 aromatic rings. The van der Waals surface area contributed by atoms with Crippen LogP contribution in [0.4, 0.5) is 5.13 Å². The lowest BCUT2D eigenvalue weighted by Crippen LogP contribution is -2.45. The van der Waals surface area contributed by atoms with Crippen LogP contribution in [0, 0.1) is 0 Å². The van der Waals surface area contributed by atoms with Crippen LogP contribution < -0.4 is 4.90 Å². The first-order valence-electron chi connectivity index (χ1n) is 7.37. The minimum absolute atomic E-state index is 0.0898. The van der Waals surface area contributed by atoms with Crippen molar-refractivity contribution in [1.82, 2.24) is 20.1 Å². The van der Waals surface area contributed by atoms with Crippen molar-refractivity contribution in [3.8, 4) is 0 Å². The highest BCUT2D eigenvalue weighted by Gasteiger charge is 2.28. The van der Waals surface area contributed by atoms with Crippen LogP contribution >= 0.6 is 22.9 Å². The molecule has 1 aliphatic heterocycles. The van der Waals surface area contributed by atoms with E-state index in [0.717, 1.165) is 12.8 Å². The molecule has 1 aliphatic rings. The van der Waals surface area contributed by atoms with Gasteiger partial charge < -0.3 is 14.9 Å². The van der Waals surface area contributed by atoms with E-state index in [9.17, 15) is 9.59 Å². The number of carboxylic acid groups (broad SMARTS) is 1. The Morgan fingerprint density at radius 1 is 1.42 bits per heavy atom. The van der Waals surface area contributed by atoms with Gasteiger partial charge in [0.15, 0.2) is 5.13 Å². The van der Waals surface area contributed by atoms with Gasteiger partial charge >= 0.3 is 5.97 Å². The van der Waals surface area contributed by atoms with E-state index in [1.54, 1.807) is 11.9 Å². The Balaban J connectivity index is 1.61. The van der Waals surface area contributed by atoms with Crippen molar-refractivity contribution >= 4 is 39.9 Å². The molecule has 24 heavy (non-hydrogen) atoms. The van der Waals surface area contributed by atoms with E-state index < -0.39 is 5.97 Å². The highest BCUT2D eigenvalue weighted by Crippen LogP contribution is 2.27. The molecule has 1 amide bonds. The maximum absolute atomic E-state index is 12.4. The summed E-state index contributed by atoms with van der Waals surface area (Å²) in [5, 5.41) is 16.4. The normalized spacial score (nSPS) is 15.5. The fraction of sp³-hybridized carbons (Fsp3) is 0.429. The second-order valence-electron chi connectivity index (χ2n) is 5.54. The summed E-state index contributed by atoms with van der Waals surface area (Å²) in [5.74, 6) is -1.14. The fourth-order valence-corrected chi connectivity index (χ4v) is 3.70. The van der Waals surface area contributed by atoms with Crippen LogP contribution in [0.1, 0.15) is 33.0 Å². The number of aromatic amines is 1. The van der Waals surface area contributed by atoms with E-state index >= 15 is 0 Å². The maximum Gasteiger partial charge on any atom is 0.347 e. The van der Waals surface area contributed by atoms with Crippen molar-refractivity contribution in [2.75, 3.05) is 25.0 Å². The standard InChI is InChI=1S/C14H16ClN5O3S/c1-19(12(21)11-9(15)6-17-18-11)8-2-4-20(5-3-8)14-16-7-10(24-14)13(22)23/h6-8H,2-5H2,1H3,(H,17,18)(H,22,23). The van der Waals surface area contributed by atoms with Crippen LogP contribution in [0.3, 0.4) is 0 Å². The summed E-state index contributed by atoms with van der Waals surface area (Å²) in [6, 6.07) is 0.0898. The molecule has 2 N–H and O–H groups in total. The van der Waals surface area contributed by atoms with Gasteiger partial charge in [-0.05, 0) is 12.8 Å². The van der Waals surface area contributed by atoms with E-state index in [2.05, 4.69) is 20.1 Å². The molecule has 0 unspecified atom stereocenters. The number of carbonyl (C=O) groups is 2. The second kappa shape index (κ2) is 6.78. The lowest BCUT2D eigenvalue weighted by molar-refractivity contribution is 0.0693. The van der Waals surface area contributed by atoms with E-state index in [0.29, 0.717) is 28.9 Å². The minimum Gasteiger partial charge on any atom is -0.477 e. The number of hydrogen-bond acceptors (Lipinski definition) is 6. The molecule has 8 nitrogen and oxygen atoms in total. The number of hydrogen-bond donors (Lipinski definition) is 2. The zero-order valence-corrected chi connectivity index (χ0v) is 14.5. The van der Waals surface area contributed by atoms with Crippen LogP contribution in [-0.4, -0.2) is 63.2 Å². The number of anilines is 1. The first-order chi connectivity index (χ1) is 11.5. The Labute approximate surface area is 147 Å². The Hall–Kier alpha value is -2.13. The first kappa shape index (κ1) is 16.7. The number of carbonyl (C=O) groups excluding carboxylic acids is 1. The summed E-state index contributed by atoms with van der Waals surface area (Å²) < 4.78 is 0. The third kappa shape index (κ3) is 3.22. The minimum atomic E-state index is -0.963. The Morgan fingerprint density at radius 2 is 2.12 bits per heavy atom. The summed E-state index contributed by atoms with van der Waals surface area (Å²) in [7, 11) is 1.76. The number of thiazole rings is 1. The molecule has 10 heteroatoms. The Bertz CT molecular complexity index is 753. The predicted octanol–water partition coefficient (Wildman–Crippen LogP) is 1.96. The molecule has 1 fully saturated rings. The number of carboxylic acids is 1. The lowest BCUT2D eigenvalue weighted by Gasteiger charge is -2.36. The summed E-state index contributed by atoms with van der Waals surface area (Å²) in [6.07, 6.45) is 4.34. The molecule has 0 saturated carbocycles. The number of piperidine rings is 1. The van der Waals surface area contributed by atoms with Crippen molar-refractivity contribution < 1.29 is 14.7 Å². The van der Waals surface area contributed by atoms with Gasteiger partial charge in [-0.25, -0.2) is 9.78 Å². The number of nitrogens with zero attached hydrogens (tertiary/aromatic N) is 4. The number of aromatic nitrogens is 3. The molecule has 3 rings (SSSR count). The molecule has 0 aromatic carbocycles. The summed E-state index contributed by atoms with van der Waals surface area (Å²) >= 11 is 7.11. The van der Waals surface area contributed by atoms with Crippen LogP contribution in [0.15, 0.2) is 12.4 Å². The monoisotopic (exact) mass is 369 g/mol. The average molecular weight is 370 g/mol. The van der Waals surface area contributed by atoms with Crippen LogP contribution in [0.25, 0.3) is 0 Å². The number of amides is 1. The first-order valence-corrected chi connectivity index (χ1v) is 8.57. The second-order valence-corrected chi connectivity index (χ2v) is 6.96. The SMILES string of the molecule is CN(C(=O)c1[nH]ncc1Cl)C1CCN(c2ncc(C(=O)O)s2)CC1. The van der Waals surface area contributed by atoms with Crippen LogP contribution in [0.5, 0.6) is 0 Å². The van der Waals surface area contributed by atoms with Gasteiger partial charge in [0.05, 0.1) is 17.4 Å². The molecule has 0 radical (unpaired) electrons. The molecular formula is C14H16ClN5O3S. The van der Waals surface area contributed by atoms with Gasteiger partial charge in [-0.1, -0.05) is 22.9 Å². The highest BCUT2D eigenvalue weighted by atomic mass is 35.5. The van der Waals surface area contributed by atoms with E-state index in [4.69, 9.17) is 16.7 Å². The lowest BCUT2D eigenvalue weighted by atomic mass is 10.0. The Morgan fingerprint density at radius 3 is 2.67 bits per heavy atom. The van der Waals surface area contributed by atoms with Crippen molar-refractivity contribution in [3.05, 3.63) is 28.0 Å². The Kier molecular flexibility index (Phi) is 4.72. The molecule has 0 spiro atoms. The largest absolute Gasteiger partial charge is 0.477 e. The molecule has 128 valence electrons. The van der Waals surface area contributed by atoms with E-state index in [-0.39, 0.29) is 16.8 Å². The third-order valence-electron chi connectivity index (χ3n) is 4.11. The number of rotatable bonds is 4. The number of nitrogens with one attached hydrogen (secondary N) is 1. The number of H-pyrrole nitrogens is 1. The highest BCUT2D eigenvalue weighted by molar-refractivity contribution is 7.17. The topological polar surface area (TPSA) is 102 Å². The molecular weight excluding hydrogens is 354 g/mol. The van der Waals surface area contributed by atoms with Gasteiger partial charge in [-0.2, -0.15) is 5.10 Å². The van der Waals surface area contributed by atoms with Crippen molar-refractivity contribution in [1.29, 1.82) is 0 Å². The van der Waals surface area contributed by atoms with Crippen molar-refractivity contribution in [3.63, 3.8) is 0 Å². The summed E-state index contributed by atoms with van der Waals surface area (Å²) in [4.78, 5) is 31.5. The van der Waals surface area contributed by atoms with Crippen molar-refractivity contribution in [2.24, 2.45) is 0 Å². The van der Waals surface area contributed by atoms with Gasteiger partial charge in [-0.3, -0.25) is 9.89 Å². The van der Waals surface area contributed by atoms with Gasteiger partial charge in [0.25, 0.3) is 5.91 Å². The number of aromatic carboxylic acids is 1. The van der Waals surface area contributed by atoms with Crippen molar-refractivity contribution in [2.45, 2.75) is 18.9 Å². The molecule has 0 bridgehead atoms. The average Bonchev–Trinajstić information content (AvgIpc) is 3.23. The van der Waals surface area contributed by atoms with Gasteiger partial charge in [0, 0.05) is 26.2 Å². The quantitative estimate of drug-likeness (QED) is 0.854. The van der Waals surface area contributed by atoms with Gasteiger partial charge in [0.1, 0.15) is 10.6 Å². The fourth-order valence-electron chi connectivity index (χ4n) is 2.72. The van der Waals surface area contributed by atoms with E-state index in [1.807, 2.05) is 0 Å². The van der Waals surface area contributed by atoms with Crippen LogP contribution in [0.2, 0.25) is 5.02 Å². The molecule has 3 heterocycles. The zero-order valence-electron chi connectivity index (χ0n) is 12.9. The third-order valence-corrected chi connectivity index (χ3v) is 5.45. The molecule has 1 saturated heterocycles. The molecule has 0 aliphatic carbocycles. The number of halogens is 1. The van der Waals surface area contributed by atoms with Gasteiger partial charge in [-0.15, -0.1) is 0 Å². The summed E-state index contributed by atoms with van der Waals surface area (Å²) in [5.41, 5.74) is 0.299. The molecule has 2 aromatic heterocycles. The maximum atomic E-state index is 12.4. The van der Waals surface area contributed by atoms with E-state index in [1.165, 1.54) is 23.7 Å². The van der Waals surface area contributed by atoms with Gasteiger partial charge in [0.2, 0.25) is 0 Å². The van der Waals surface area contributed by atoms with Crippen LogP contribution in [-0.2, 0) is 0 Å². The predicted molar refractivity (Wildman–Crippen MR) is 90.0 cm³/mol. The molecule has 0 atom stereocenters. The smallest absolute Gasteiger partial charge is 0.347 e. The summed E-state index contributed by atoms with van der Waals surface area (Å²) in [6.45, 7) is 1.43.